The van der Waals surface area contributed by atoms with E-state index in [-0.39, 0.29) is 6.29 Å². The maximum absolute atomic E-state index is 10.5. The highest BCUT2D eigenvalue weighted by Gasteiger charge is 2.23. The number of aldehydes is 1. The summed E-state index contributed by atoms with van der Waals surface area (Å²) >= 11 is 0. The van der Waals surface area contributed by atoms with Gasteiger partial charge in [0, 0.05) is 0 Å². The molecule has 0 saturated carbocycles. The van der Waals surface area contributed by atoms with Crippen molar-refractivity contribution in [3.8, 4) is 0 Å². The summed E-state index contributed by atoms with van der Waals surface area (Å²) in [5.74, 6) is -0.951. The van der Waals surface area contributed by atoms with Crippen molar-refractivity contribution in [2.75, 3.05) is 6.16 Å². The molecule has 0 heterocycles. The Morgan fingerprint density at radius 1 is 1.64 bits per heavy atom. The number of rotatable bonds is 4. The maximum atomic E-state index is 10.5. The number of carbonyl (C=O) groups excluding carboxylic acids is 2. The van der Waals surface area contributed by atoms with E-state index in [2.05, 4.69) is 0 Å². The molecule has 0 unspecified atom stereocenters. The second-order valence-corrected chi connectivity index (χ2v) is 3.60. The quantitative estimate of drug-likeness (QED) is 0.269. The standard InChI is InChI=1S/C4H8NO5P/c5-3(1-6)4(7)2-11(8,9)10/h1,3H,2,5H2,(H2,8,9,10)/t3-/m0/s1. The Labute approximate surface area is 62.5 Å². The molecule has 1 atom stereocenters. The number of hydrogen-bond acceptors (Lipinski definition) is 4. The summed E-state index contributed by atoms with van der Waals surface area (Å²) in [7, 11) is -4.38. The van der Waals surface area contributed by atoms with Gasteiger partial charge < -0.3 is 20.3 Å². The van der Waals surface area contributed by atoms with Gasteiger partial charge in [-0.25, -0.2) is 0 Å². The van der Waals surface area contributed by atoms with Gasteiger partial charge in [0.1, 0.15) is 18.5 Å². The molecule has 0 aliphatic rings. The van der Waals surface area contributed by atoms with E-state index < -0.39 is 25.6 Å². The lowest BCUT2D eigenvalue weighted by atomic mass is 10.2. The number of hydrogen-bond donors (Lipinski definition) is 3. The first-order valence-corrected chi connectivity index (χ1v) is 4.45. The average Bonchev–Trinajstić information content (AvgIpc) is 1.82. The molecule has 0 rings (SSSR count). The number of Topliss-reactive ketones (excluding diaryl/α,β-unsaturated/α-hetero) is 1. The Hall–Kier alpha value is -0.550. The van der Waals surface area contributed by atoms with Gasteiger partial charge in [0.05, 0.1) is 0 Å². The topological polar surface area (TPSA) is 118 Å². The van der Waals surface area contributed by atoms with E-state index in [1.165, 1.54) is 0 Å². The van der Waals surface area contributed by atoms with Crippen molar-refractivity contribution in [1.82, 2.24) is 0 Å². The van der Waals surface area contributed by atoms with E-state index in [9.17, 15) is 14.2 Å². The summed E-state index contributed by atoms with van der Waals surface area (Å²) in [6.07, 6.45) is -0.842. The van der Waals surface area contributed by atoms with Gasteiger partial charge in [0.15, 0.2) is 5.78 Å². The predicted octanol–water partition coefficient (Wildman–Crippen LogP) is -1.74. The fraction of sp³-hybridized carbons (Fsp3) is 0.500. The molecular weight excluding hydrogens is 173 g/mol. The zero-order valence-electron chi connectivity index (χ0n) is 5.51. The average molecular weight is 181 g/mol. The molecule has 0 fully saturated rings. The van der Waals surface area contributed by atoms with Crippen LogP contribution in [-0.4, -0.2) is 34.1 Å². The SMILES string of the molecule is N[C@@H](C=O)C(=O)CP(=O)(O)O. The molecule has 0 aromatic carbocycles. The van der Waals surface area contributed by atoms with Crippen molar-refractivity contribution in [3.05, 3.63) is 0 Å². The van der Waals surface area contributed by atoms with Crippen LogP contribution in [0.25, 0.3) is 0 Å². The van der Waals surface area contributed by atoms with Gasteiger partial charge in [0.2, 0.25) is 0 Å². The molecule has 64 valence electrons. The zero-order chi connectivity index (χ0) is 9.07. The molecule has 0 radical (unpaired) electrons. The number of nitrogens with two attached hydrogens (primary N) is 1. The molecule has 6 nitrogen and oxygen atoms in total. The smallest absolute Gasteiger partial charge is 0.324 e. The van der Waals surface area contributed by atoms with Crippen LogP contribution in [0.1, 0.15) is 0 Å². The lowest BCUT2D eigenvalue weighted by Crippen LogP contribution is -2.33. The third-order valence-corrected chi connectivity index (χ3v) is 1.60. The van der Waals surface area contributed by atoms with Crippen molar-refractivity contribution in [3.63, 3.8) is 0 Å². The fourth-order valence-electron chi connectivity index (χ4n) is 0.384. The molecule has 0 aliphatic carbocycles. The Kier molecular flexibility index (Phi) is 3.54. The highest BCUT2D eigenvalue weighted by molar-refractivity contribution is 7.52. The number of ketones is 1. The maximum Gasteiger partial charge on any atom is 0.333 e. The summed E-state index contributed by atoms with van der Waals surface area (Å²) in [5.41, 5.74) is 4.86. The first-order valence-electron chi connectivity index (χ1n) is 2.65. The molecule has 0 bridgehead atoms. The minimum atomic E-state index is -4.38. The van der Waals surface area contributed by atoms with Crippen LogP contribution in [0.5, 0.6) is 0 Å². The molecule has 0 saturated heterocycles. The Balaban J connectivity index is 4.09. The van der Waals surface area contributed by atoms with E-state index in [1.807, 2.05) is 0 Å². The second kappa shape index (κ2) is 3.73. The molecule has 0 aromatic rings. The van der Waals surface area contributed by atoms with Crippen LogP contribution in [0.15, 0.2) is 0 Å². The summed E-state index contributed by atoms with van der Waals surface area (Å²) in [6.45, 7) is 0. The van der Waals surface area contributed by atoms with Crippen molar-refractivity contribution >= 4 is 19.7 Å². The summed E-state index contributed by atoms with van der Waals surface area (Å²) in [5, 5.41) is 0. The molecule has 0 aromatic heterocycles. The van der Waals surface area contributed by atoms with E-state index in [0.29, 0.717) is 0 Å². The summed E-state index contributed by atoms with van der Waals surface area (Å²) in [4.78, 5) is 36.9. The van der Waals surface area contributed by atoms with Gasteiger partial charge >= 0.3 is 7.60 Å². The van der Waals surface area contributed by atoms with Gasteiger partial charge in [-0.1, -0.05) is 0 Å². The van der Waals surface area contributed by atoms with Crippen LogP contribution in [0.4, 0.5) is 0 Å². The van der Waals surface area contributed by atoms with Crippen LogP contribution in [0.2, 0.25) is 0 Å². The third-order valence-electron chi connectivity index (χ3n) is 0.880. The van der Waals surface area contributed by atoms with Crippen LogP contribution in [0, 0.1) is 0 Å². The predicted molar refractivity (Wildman–Crippen MR) is 36.0 cm³/mol. The van der Waals surface area contributed by atoms with E-state index in [1.54, 1.807) is 0 Å². The lowest BCUT2D eigenvalue weighted by molar-refractivity contribution is -0.122. The Morgan fingerprint density at radius 2 is 2.09 bits per heavy atom. The summed E-state index contributed by atoms with van der Waals surface area (Å²) in [6, 6.07) is -1.43. The van der Waals surface area contributed by atoms with Gasteiger partial charge in [-0.15, -0.1) is 0 Å². The van der Waals surface area contributed by atoms with Crippen LogP contribution >= 0.6 is 7.60 Å². The minimum Gasteiger partial charge on any atom is -0.324 e. The van der Waals surface area contributed by atoms with E-state index in [4.69, 9.17) is 15.5 Å². The fourth-order valence-corrected chi connectivity index (χ4v) is 1.00. The van der Waals surface area contributed by atoms with Crippen molar-refractivity contribution < 1.29 is 23.9 Å². The molecule has 7 heteroatoms. The van der Waals surface area contributed by atoms with Crippen LogP contribution in [0.3, 0.4) is 0 Å². The largest absolute Gasteiger partial charge is 0.333 e. The van der Waals surface area contributed by atoms with E-state index in [0.717, 1.165) is 0 Å². The molecular formula is C4H8NO5P. The summed E-state index contributed by atoms with van der Waals surface area (Å²) < 4.78 is 10.2. The van der Waals surface area contributed by atoms with Crippen molar-refractivity contribution in [2.45, 2.75) is 6.04 Å². The normalized spacial score (nSPS) is 14.1. The minimum absolute atomic E-state index is 0.137. The molecule has 0 aliphatic heterocycles. The third kappa shape index (κ3) is 4.80. The van der Waals surface area contributed by atoms with Gasteiger partial charge in [-0.05, 0) is 0 Å². The Bertz CT molecular complexity index is 209. The van der Waals surface area contributed by atoms with Crippen LogP contribution in [-0.2, 0) is 14.2 Å². The van der Waals surface area contributed by atoms with E-state index >= 15 is 0 Å². The zero-order valence-corrected chi connectivity index (χ0v) is 6.40. The lowest BCUT2D eigenvalue weighted by Gasteiger charge is -2.03. The van der Waals surface area contributed by atoms with Gasteiger partial charge in [-0.3, -0.25) is 9.36 Å². The Morgan fingerprint density at radius 3 is 2.36 bits per heavy atom. The monoisotopic (exact) mass is 181 g/mol. The second-order valence-electron chi connectivity index (χ2n) is 1.95. The molecule has 0 amide bonds. The van der Waals surface area contributed by atoms with Crippen molar-refractivity contribution in [1.29, 1.82) is 0 Å². The first kappa shape index (κ1) is 10.4. The first-order chi connectivity index (χ1) is 4.87. The van der Waals surface area contributed by atoms with Crippen molar-refractivity contribution in [2.24, 2.45) is 5.73 Å². The van der Waals surface area contributed by atoms with Gasteiger partial charge in [-0.2, -0.15) is 0 Å². The van der Waals surface area contributed by atoms with Crippen LogP contribution < -0.4 is 5.73 Å². The molecule has 4 N–H and O–H groups in total. The number of carbonyl (C=O) groups is 2. The highest BCUT2D eigenvalue weighted by atomic mass is 31.2. The molecule has 11 heavy (non-hydrogen) atoms. The molecule has 0 spiro atoms. The highest BCUT2D eigenvalue weighted by Crippen LogP contribution is 2.33. The van der Waals surface area contributed by atoms with Gasteiger partial charge in [0.25, 0.3) is 0 Å².